The van der Waals surface area contributed by atoms with E-state index in [1.54, 1.807) is 12.1 Å². The van der Waals surface area contributed by atoms with Crippen molar-refractivity contribution in [1.82, 2.24) is 4.90 Å². The van der Waals surface area contributed by atoms with Gasteiger partial charge in [0.2, 0.25) is 11.8 Å². The first-order valence-electron chi connectivity index (χ1n) is 9.37. The smallest absolute Gasteiger partial charge is 0.332 e. The van der Waals surface area contributed by atoms with Crippen molar-refractivity contribution in [2.24, 2.45) is 5.92 Å². The molecule has 1 saturated carbocycles. The zero-order chi connectivity index (χ0) is 22.8. The third kappa shape index (κ3) is 5.97. The van der Waals surface area contributed by atoms with Crippen molar-refractivity contribution in [1.29, 1.82) is 0 Å². The molecule has 0 aliphatic heterocycles. The first-order chi connectivity index (χ1) is 14.5. The predicted octanol–water partition coefficient (Wildman–Crippen LogP) is 4.42. The molecule has 0 saturated heterocycles. The van der Waals surface area contributed by atoms with Gasteiger partial charge in [-0.15, -0.1) is 0 Å². The van der Waals surface area contributed by atoms with Gasteiger partial charge in [0.1, 0.15) is 0 Å². The molecular weight excluding hydrogens is 435 g/mol. The molecule has 0 heterocycles. The molecular formula is C21H19ClF3N3O3. The average Bonchev–Trinajstić information content (AvgIpc) is 3.54. The van der Waals surface area contributed by atoms with Crippen LogP contribution in [-0.4, -0.2) is 36.2 Å². The number of hydrogen-bond acceptors (Lipinski definition) is 3. The SMILES string of the molecule is CN(CC(=O)Nc1ccc(Cl)c(C(F)(F)F)c1)C(=O)c1ccc(NC(=O)C2CC2)cc1. The van der Waals surface area contributed by atoms with E-state index in [4.69, 9.17) is 11.6 Å². The number of amides is 3. The lowest BCUT2D eigenvalue weighted by molar-refractivity contribution is -0.137. The third-order valence-corrected chi connectivity index (χ3v) is 4.96. The zero-order valence-corrected chi connectivity index (χ0v) is 17.2. The quantitative estimate of drug-likeness (QED) is 0.679. The lowest BCUT2D eigenvalue weighted by Crippen LogP contribution is -2.35. The molecule has 0 atom stereocenters. The van der Waals surface area contributed by atoms with E-state index >= 15 is 0 Å². The van der Waals surface area contributed by atoms with Gasteiger partial charge in [0.25, 0.3) is 5.91 Å². The summed E-state index contributed by atoms with van der Waals surface area (Å²) in [6.45, 7) is -0.372. The summed E-state index contributed by atoms with van der Waals surface area (Å²) in [4.78, 5) is 37.6. The van der Waals surface area contributed by atoms with Gasteiger partial charge in [-0.05, 0) is 55.3 Å². The highest BCUT2D eigenvalue weighted by Crippen LogP contribution is 2.36. The van der Waals surface area contributed by atoms with Crippen LogP contribution in [0, 0.1) is 5.92 Å². The van der Waals surface area contributed by atoms with Crippen molar-refractivity contribution in [3.05, 3.63) is 58.6 Å². The maximum absolute atomic E-state index is 12.9. The van der Waals surface area contributed by atoms with Crippen LogP contribution in [0.2, 0.25) is 5.02 Å². The van der Waals surface area contributed by atoms with Gasteiger partial charge in [-0.1, -0.05) is 11.6 Å². The second-order valence-corrected chi connectivity index (χ2v) is 7.65. The van der Waals surface area contributed by atoms with Crippen molar-refractivity contribution in [2.75, 3.05) is 24.2 Å². The van der Waals surface area contributed by atoms with Gasteiger partial charge < -0.3 is 15.5 Å². The van der Waals surface area contributed by atoms with Crippen molar-refractivity contribution >= 4 is 40.7 Å². The normalized spacial score (nSPS) is 13.5. The van der Waals surface area contributed by atoms with E-state index in [-0.39, 0.29) is 24.1 Å². The van der Waals surface area contributed by atoms with E-state index in [0.29, 0.717) is 11.3 Å². The number of halogens is 4. The minimum atomic E-state index is -4.66. The summed E-state index contributed by atoms with van der Waals surface area (Å²) in [5.41, 5.74) is -0.286. The molecule has 0 spiro atoms. The summed E-state index contributed by atoms with van der Waals surface area (Å²) >= 11 is 5.56. The fraction of sp³-hybridized carbons (Fsp3) is 0.286. The highest BCUT2D eigenvalue weighted by Gasteiger charge is 2.33. The van der Waals surface area contributed by atoms with Gasteiger partial charge in [-0.3, -0.25) is 14.4 Å². The molecule has 0 radical (unpaired) electrons. The Kier molecular flexibility index (Phi) is 6.54. The topological polar surface area (TPSA) is 78.5 Å². The molecule has 10 heteroatoms. The van der Waals surface area contributed by atoms with E-state index in [2.05, 4.69) is 10.6 Å². The number of alkyl halides is 3. The van der Waals surface area contributed by atoms with Gasteiger partial charge in [0.05, 0.1) is 17.1 Å². The van der Waals surface area contributed by atoms with Crippen molar-refractivity contribution in [3.8, 4) is 0 Å². The van der Waals surface area contributed by atoms with Crippen molar-refractivity contribution in [3.63, 3.8) is 0 Å². The Hall–Kier alpha value is -3.07. The molecule has 0 bridgehead atoms. The van der Waals surface area contributed by atoms with E-state index in [1.165, 1.54) is 25.2 Å². The largest absolute Gasteiger partial charge is 0.417 e. The zero-order valence-electron chi connectivity index (χ0n) is 16.4. The lowest BCUT2D eigenvalue weighted by Gasteiger charge is -2.18. The first kappa shape index (κ1) is 22.6. The van der Waals surface area contributed by atoms with Crippen LogP contribution in [0.1, 0.15) is 28.8 Å². The highest BCUT2D eigenvalue weighted by molar-refractivity contribution is 6.31. The minimum Gasteiger partial charge on any atom is -0.332 e. The summed E-state index contributed by atoms with van der Waals surface area (Å²) in [5, 5.41) is 4.61. The third-order valence-electron chi connectivity index (χ3n) is 4.63. The summed E-state index contributed by atoms with van der Waals surface area (Å²) < 4.78 is 38.8. The second-order valence-electron chi connectivity index (χ2n) is 7.24. The Balaban J connectivity index is 1.58. The average molecular weight is 454 g/mol. The fourth-order valence-electron chi connectivity index (χ4n) is 2.81. The van der Waals surface area contributed by atoms with Gasteiger partial charge in [-0.2, -0.15) is 13.2 Å². The lowest BCUT2D eigenvalue weighted by atomic mass is 10.1. The van der Waals surface area contributed by atoms with Crippen LogP contribution in [-0.2, 0) is 15.8 Å². The molecule has 164 valence electrons. The molecule has 2 N–H and O–H groups in total. The first-order valence-corrected chi connectivity index (χ1v) is 9.75. The number of carbonyl (C=O) groups excluding carboxylic acids is 3. The van der Waals surface area contributed by atoms with E-state index in [1.807, 2.05) is 0 Å². The van der Waals surface area contributed by atoms with Crippen LogP contribution in [0.25, 0.3) is 0 Å². The molecule has 1 aliphatic carbocycles. The second kappa shape index (κ2) is 8.97. The predicted molar refractivity (Wildman–Crippen MR) is 110 cm³/mol. The Morgan fingerprint density at radius 1 is 1.03 bits per heavy atom. The number of likely N-dealkylation sites (N-methyl/N-ethyl adjacent to an activating group) is 1. The number of hydrogen-bond donors (Lipinski definition) is 2. The van der Waals surface area contributed by atoms with E-state index < -0.39 is 28.6 Å². The Labute approximate surface area is 181 Å². The molecule has 3 amide bonds. The molecule has 3 rings (SSSR count). The minimum absolute atomic E-state index is 0.0521. The molecule has 0 aromatic heterocycles. The van der Waals surface area contributed by atoms with Crippen LogP contribution in [0.4, 0.5) is 24.5 Å². The van der Waals surface area contributed by atoms with E-state index in [0.717, 1.165) is 29.9 Å². The van der Waals surface area contributed by atoms with Gasteiger partial charge in [0, 0.05) is 29.9 Å². The number of anilines is 2. The number of nitrogens with one attached hydrogen (secondary N) is 2. The van der Waals surface area contributed by atoms with Gasteiger partial charge >= 0.3 is 6.18 Å². The monoisotopic (exact) mass is 453 g/mol. The Morgan fingerprint density at radius 3 is 2.23 bits per heavy atom. The number of rotatable bonds is 6. The molecule has 1 fully saturated rings. The molecule has 6 nitrogen and oxygen atoms in total. The molecule has 0 unspecified atom stereocenters. The molecule has 1 aliphatic rings. The van der Waals surface area contributed by atoms with Crippen LogP contribution in [0.15, 0.2) is 42.5 Å². The molecule has 2 aromatic carbocycles. The summed E-state index contributed by atoms with van der Waals surface area (Å²) in [6, 6.07) is 9.24. The maximum Gasteiger partial charge on any atom is 0.417 e. The van der Waals surface area contributed by atoms with Crippen LogP contribution < -0.4 is 10.6 Å². The maximum atomic E-state index is 12.9. The number of benzene rings is 2. The van der Waals surface area contributed by atoms with Crippen molar-refractivity contribution in [2.45, 2.75) is 19.0 Å². The molecule has 31 heavy (non-hydrogen) atoms. The van der Waals surface area contributed by atoms with Crippen LogP contribution in [0.3, 0.4) is 0 Å². The molecule has 2 aromatic rings. The number of carbonyl (C=O) groups is 3. The van der Waals surface area contributed by atoms with Gasteiger partial charge in [-0.25, -0.2) is 0 Å². The summed E-state index contributed by atoms with van der Waals surface area (Å²) in [7, 11) is 1.40. The van der Waals surface area contributed by atoms with Crippen LogP contribution >= 0.6 is 11.6 Å². The summed E-state index contributed by atoms with van der Waals surface area (Å²) in [5.74, 6) is -1.12. The van der Waals surface area contributed by atoms with Crippen molar-refractivity contribution < 1.29 is 27.6 Å². The highest BCUT2D eigenvalue weighted by atomic mass is 35.5. The van der Waals surface area contributed by atoms with Crippen LogP contribution in [0.5, 0.6) is 0 Å². The van der Waals surface area contributed by atoms with Gasteiger partial charge in [0.15, 0.2) is 0 Å². The fourth-order valence-corrected chi connectivity index (χ4v) is 3.04. The number of nitrogens with zero attached hydrogens (tertiary/aromatic N) is 1. The summed E-state index contributed by atoms with van der Waals surface area (Å²) in [6.07, 6.45) is -2.90. The Morgan fingerprint density at radius 2 is 1.65 bits per heavy atom. The standard InChI is InChI=1S/C21H19ClF3N3O3/c1-28(11-18(29)26-15-8-9-17(22)16(10-15)21(23,24)25)20(31)13-4-6-14(7-5-13)27-19(30)12-2-3-12/h4-10,12H,2-3,11H2,1H3,(H,26,29)(H,27,30). The van der Waals surface area contributed by atoms with E-state index in [9.17, 15) is 27.6 Å². The Bertz CT molecular complexity index is 1010.